The Bertz CT molecular complexity index is 1210. The minimum absolute atomic E-state index is 0.189. The van der Waals surface area contributed by atoms with Crippen LogP contribution in [-0.4, -0.2) is 34.5 Å². The third-order valence-electron chi connectivity index (χ3n) is 4.76. The van der Waals surface area contributed by atoms with Crippen LogP contribution in [0.2, 0.25) is 0 Å². The van der Waals surface area contributed by atoms with Crippen LogP contribution in [-0.2, 0) is 14.8 Å². The molecule has 0 aliphatic heterocycles. The zero-order valence-corrected chi connectivity index (χ0v) is 18.1. The van der Waals surface area contributed by atoms with Crippen molar-refractivity contribution in [2.75, 3.05) is 23.8 Å². The van der Waals surface area contributed by atoms with Gasteiger partial charge in [-0.15, -0.1) is 0 Å². The summed E-state index contributed by atoms with van der Waals surface area (Å²) in [6, 6.07) is 19.3. The van der Waals surface area contributed by atoms with Crippen molar-refractivity contribution in [3.05, 3.63) is 89.5 Å². The van der Waals surface area contributed by atoms with E-state index in [4.69, 9.17) is 0 Å². The number of rotatable bonds is 6. The van der Waals surface area contributed by atoms with Gasteiger partial charge < -0.3 is 10.1 Å². The zero-order chi connectivity index (χ0) is 22.6. The van der Waals surface area contributed by atoms with Crippen LogP contribution in [0.1, 0.15) is 26.3 Å². The zero-order valence-electron chi connectivity index (χ0n) is 17.3. The van der Waals surface area contributed by atoms with Gasteiger partial charge in [0.2, 0.25) is 0 Å². The van der Waals surface area contributed by atoms with Crippen molar-refractivity contribution in [2.45, 2.75) is 11.8 Å². The van der Waals surface area contributed by atoms with E-state index in [1.807, 2.05) is 0 Å². The number of nitrogens with one attached hydrogen (secondary N) is 1. The summed E-state index contributed by atoms with van der Waals surface area (Å²) in [5.41, 5.74) is 2.38. The predicted octanol–water partition coefficient (Wildman–Crippen LogP) is 3.86. The van der Waals surface area contributed by atoms with Crippen LogP contribution < -0.4 is 9.62 Å². The summed E-state index contributed by atoms with van der Waals surface area (Å²) in [5, 5.41) is 2.75. The number of amides is 1. The molecule has 7 nitrogen and oxygen atoms in total. The Kier molecular flexibility index (Phi) is 6.41. The standard InChI is InChI=1S/C23H22N2O5S/c1-16-15-18(22(26)24-19-12-9-17(10-13-19)23(27)30-3)11-14-21(16)25(2)31(28,29)20-7-5-4-6-8-20/h4-15H,1-3H3,(H,24,26). The minimum Gasteiger partial charge on any atom is -0.465 e. The van der Waals surface area contributed by atoms with Gasteiger partial charge in [0.25, 0.3) is 15.9 Å². The summed E-state index contributed by atoms with van der Waals surface area (Å²) in [4.78, 5) is 24.3. The average Bonchev–Trinajstić information content (AvgIpc) is 2.79. The third-order valence-corrected chi connectivity index (χ3v) is 6.55. The number of nitrogens with zero attached hydrogens (tertiary/aromatic N) is 1. The van der Waals surface area contributed by atoms with Gasteiger partial charge >= 0.3 is 5.97 Å². The van der Waals surface area contributed by atoms with Crippen LogP contribution >= 0.6 is 0 Å². The summed E-state index contributed by atoms with van der Waals surface area (Å²) in [5.74, 6) is -0.812. The van der Waals surface area contributed by atoms with Gasteiger partial charge in [0.1, 0.15) is 0 Å². The maximum atomic E-state index is 12.9. The first-order chi connectivity index (χ1) is 14.7. The SMILES string of the molecule is COC(=O)c1ccc(NC(=O)c2ccc(N(C)S(=O)(=O)c3ccccc3)c(C)c2)cc1. The molecule has 3 aromatic carbocycles. The Hall–Kier alpha value is -3.65. The highest BCUT2D eigenvalue weighted by Crippen LogP contribution is 2.26. The van der Waals surface area contributed by atoms with Gasteiger partial charge in [0, 0.05) is 18.3 Å². The molecule has 1 N–H and O–H groups in total. The van der Waals surface area contributed by atoms with Crippen molar-refractivity contribution in [3.8, 4) is 0 Å². The van der Waals surface area contributed by atoms with E-state index in [9.17, 15) is 18.0 Å². The first kappa shape index (κ1) is 22.0. The van der Waals surface area contributed by atoms with Gasteiger partial charge in [-0.3, -0.25) is 9.10 Å². The predicted molar refractivity (Wildman–Crippen MR) is 119 cm³/mol. The molecule has 8 heteroatoms. The van der Waals surface area contributed by atoms with Crippen molar-refractivity contribution < 1.29 is 22.7 Å². The van der Waals surface area contributed by atoms with E-state index in [0.717, 1.165) is 0 Å². The lowest BCUT2D eigenvalue weighted by molar-refractivity contribution is 0.0600. The topological polar surface area (TPSA) is 92.8 Å². The van der Waals surface area contributed by atoms with Crippen molar-refractivity contribution >= 4 is 33.3 Å². The molecule has 3 rings (SSSR count). The highest BCUT2D eigenvalue weighted by atomic mass is 32.2. The summed E-state index contributed by atoms with van der Waals surface area (Å²) in [7, 11) is -0.937. The lowest BCUT2D eigenvalue weighted by Gasteiger charge is -2.22. The van der Waals surface area contributed by atoms with Crippen molar-refractivity contribution in [3.63, 3.8) is 0 Å². The molecule has 0 saturated carbocycles. The van der Waals surface area contributed by atoms with Gasteiger partial charge in [-0.2, -0.15) is 0 Å². The highest BCUT2D eigenvalue weighted by molar-refractivity contribution is 7.92. The number of sulfonamides is 1. The second-order valence-electron chi connectivity index (χ2n) is 6.81. The quantitative estimate of drug-likeness (QED) is 0.590. The Labute approximate surface area is 181 Å². The normalized spacial score (nSPS) is 10.9. The number of hydrogen-bond donors (Lipinski definition) is 1. The second kappa shape index (κ2) is 9.01. The van der Waals surface area contributed by atoms with E-state index in [1.54, 1.807) is 67.6 Å². The van der Waals surface area contributed by atoms with Crippen LogP contribution in [0.4, 0.5) is 11.4 Å². The maximum Gasteiger partial charge on any atom is 0.337 e. The maximum absolute atomic E-state index is 12.9. The number of aryl methyl sites for hydroxylation is 1. The van der Waals surface area contributed by atoms with Crippen molar-refractivity contribution in [2.24, 2.45) is 0 Å². The fraction of sp³-hybridized carbons (Fsp3) is 0.130. The number of anilines is 2. The average molecular weight is 439 g/mol. The molecular formula is C23H22N2O5S. The molecule has 0 fully saturated rings. The van der Waals surface area contributed by atoms with Crippen molar-refractivity contribution in [1.82, 2.24) is 0 Å². The number of carbonyl (C=O) groups is 2. The molecule has 1 amide bonds. The number of hydrogen-bond acceptors (Lipinski definition) is 5. The van der Waals surface area contributed by atoms with Crippen LogP contribution in [0.15, 0.2) is 77.7 Å². The highest BCUT2D eigenvalue weighted by Gasteiger charge is 2.22. The molecule has 0 saturated heterocycles. The van der Waals surface area contributed by atoms with Gasteiger partial charge in [-0.25, -0.2) is 13.2 Å². The van der Waals surface area contributed by atoms with Gasteiger partial charge in [-0.05, 0) is 67.1 Å². The Morgan fingerprint density at radius 1 is 0.903 bits per heavy atom. The monoisotopic (exact) mass is 438 g/mol. The summed E-state index contributed by atoms with van der Waals surface area (Å²) in [6.07, 6.45) is 0. The molecule has 0 spiro atoms. The van der Waals surface area contributed by atoms with Crippen LogP contribution in [0.5, 0.6) is 0 Å². The Morgan fingerprint density at radius 3 is 2.10 bits per heavy atom. The second-order valence-corrected chi connectivity index (χ2v) is 8.78. The Balaban J connectivity index is 1.78. The van der Waals surface area contributed by atoms with Crippen molar-refractivity contribution in [1.29, 1.82) is 0 Å². The summed E-state index contributed by atoms with van der Waals surface area (Å²) in [6.45, 7) is 1.74. The Morgan fingerprint density at radius 2 is 1.52 bits per heavy atom. The number of benzene rings is 3. The van der Waals surface area contributed by atoms with Crippen LogP contribution in [0.25, 0.3) is 0 Å². The molecule has 0 aromatic heterocycles. The molecule has 0 bridgehead atoms. The lowest BCUT2D eigenvalue weighted by atomic mass is 10.1. The minimum atomic E-state index is -3.71. The number of carbonyl (C=O) groups excluding carboxylic acids is 2. The fourth-order valence-corrected chi connectivity index (χ4v) is 4.32. The molecular weight excluding hydrogens is 416 g/mol. The van der Waals surface area contributed by atoms with E-state index in [0.29, 0.717) is 28.1 Å². The smallest absolute Gasteiger partial charge is 0.337 e. The largest absolute Gasteiger partial charge is 0.465 e. The molecule has 0 atom stereocenters. The summed E-state index contributed by atoms with van der Waals surface area (Å²) < 4.78 is 31.6. The molecule has 160 valence electrons. The molecule has 0 aliphatic carbocycles. The number of methoxy groups -OCH3 is 1. The lowest BCUT2D eigenvalue weighted by Crippen LogP contribution is -2.27. The molecule has 3 aromatic rings. The van der Waals surface area contributed by atoms with Crippen LogP contribution in [0, 0.1) is 6.92 Å². The van der Waals surface area contributed by atoms with Crippen LogP contribution in [0.3, 0.4) is 0 Å². The van der Waals surface area contributed by atoms with E-state index in [1.165, 1.54) is 30.6 Å². The number of ether oxygens (including phenoxy) is 1. The van der Waals surface area contributed by atoms with E-state index >= 15 is 0 Å². The molecule has 0 unspecified atom stereocenters. The summed E-state index contributed by atoms with van der Waals surface area (Å²) >= 11 is 0. The molecule has 31 heavy (non-hydrogen) atoms. The van der Waals surface area contributed by atoms with E-state index in [2.05, 4.69) is 10.1 Å². The van der Waals surface area contributed by atoms with Gasteiger partial charge in [0.15, 0.2) is 0 Å². The van der Waals surface area contributed by atoms with E-state index in [-0.39, 0.29) is 10.8 Å². The van der Waals surface area contributed by atoms with E-state index < -0.39 is 16.0 Å². The molecule has 0 aliphatic rings. The first-order valence-electron chi connectivity index (χ1n) is 9.38. The third kappa shape index (κ3) is 4.75. The molecule has 0 heterocycles. The fourth-order valence-electron chi connectivity index (χ4n) is 3.04. The number of esters is 1. The van der Waals surface area contributed by atoms with Gasteiger partial charge in [-0.1, -0.05) is 18.2 Å². The first-order valence-corrected chi connectivity index (χ1v) is 10.8. The molecule has 0 radical (unpaired) electrons. The van der Waals surface area contributed by atoms with Gasteiger partial charge in [0.05, 0.1) is 23.3 Å².